The largest absolute Gasteiger partial charge is 0.508 e. The molecule has 2 aromatic rings. The van der Waals surface area contributed by atoms with Crippen molar-refractivity contribution in [3.05, 3.63) is 65.2 Å². The highest BCUT2D eigenvalue weighted by Crippen LogP contribution is 2.68. The first-order valence-corrected chi connectivity index (χ1v) is 12.3. The van der Waals surface area contributed by atoms with Gasteiger partial charge in [-0.1, -0.05) is 43.3 Å². The van der Waals surface area contributed by atoms with Crippen LogP contribution in [0.4, 0.5) is 8.78 Å². The molecule has 0 spiro atoms. The molecule has 176 valence electrons. The number of hydrogen-bond acceptors (Lipinski definition) is 2. The van der Waals surface area contributed by atoms with Gasteiger partial charge in [0.1, 0.15) is 5.75 Å². The number of halogens is 2. The van der Waals surface area contributed by atoms with Crippen LogP contribution >= 0.6 is 0 Å². The van der Waals surface area contributed by atoms with Crippen LogP contribution in [0, 0.1) is 23.2 Å². The molecule has 2 N–H and O–H groups in total. The highest BCUT2D eigenvalue weighted by atomic mass is 19.3. The summed E-state index contributed by atoms with van der Waals surface area (Å²) in [5, 5.41) is 12.8. The number of fused-ring (bicyclic) bond motifs is 5. The maximum atomic E-state index is 15.4. The Labute approximate surface area is 194 Å². The van der Waals surface area contributed by atoms with Crippen LogP contribution in [0.5, 0.6) is 5.75 Å². The van der Waals surface area contributed by atoms with Gasteiger partial charge in [-0.25, -0.2) is 8.78 Å². The molecule has 0 unspecified atom stereocenters. The zero-order chi connectivity index (χ0) is 23.2. The molecule has 2 saturated carbocycles. The summed E-state index contributed by atoms with van der Waals surface area (Å²) in [5.41, 5.74) is 2.45. The maximum absolute atomic E-state index is 15.4. The monoisotopic (exact) mass is 453 g/mol. The molecular weight excluding hydrogens is 420 g/mol. The Morgan fingerprint density at radius 3 is 2.73 bits per heavy atom. The summed E-state index contributed by atoms with van der Waals surface area (Å²) in [5.74, 6) is -2.20. The minimum absolute atomic E-state index is 0.0624. The number of hydrogen-bond donors (Lipinski definition) is 2. The van der Waals surface area contributed by atoms with Crippen LogP contribution < -0.4 is 5.32 Å². The van der Waals surface area contributed by atoms with Gasteiger partial charge < -0.3 is 10.4 Å². The van der Waals surface area contributed by atoms with Gasteiger partial charge in [0, 0.05) is 24.8 Å². The number of carbonyl (C=O) groups is 1. The smallest absolute Gasteiger partial charge is 0.253 e. The first-order chi connectivity index (χ1) is 15.8. The average Bonchev–Trinajstić information content (AvgIpc) is 3.01. The van der Waals surface area contributed by atoms with Crippen molar-refractivity contribution in [1.29, 1.82) is 0 Å². The first kappa shape index (κ1) is 22.4. The number of phenolic OH excluding ortho intramolecular Hbond substituents is 1. The van der Waals surface area contributed by atoms with Crippen LogP contribution in [0.3, 0.4) is 0 Å². The van der Waals surface area contributed by atoms with Gasteiger partial charge in [0.15, 0.2) is 0 Å². The van der Waals surface area contributed by atoms with E-state index in [4.69, 9.17) is 0 Å². The van der Waals surface area contributed by atoms with E-state index in [0.717, 1.165) is 24.8 Å². The van der Waals surface area contributed by atoms with Gasteiger partial charge in [0.2, 0.25) is 5.91 Å². The average molecular weight is 454 g/mol. The Bertz CT molecular complexity index is 1020. The van der Waals surface area contributed by atoms with Gasteiger partial charge in [-0.2, -0.15) is 0 Å². The lowest BCUT2D eigenvalue weighted by molar-refractivity contribution is -0.133. The molecule has 0 heterocycles. The van der Waals surface area contributed by atoms with E-state index >= 15 is 8.78 Å². The lowest BCUT2D eigenvalue weighted by Gasteiger charge is -2.51. The minimum atomic E-state index is -2.69. The third kappa shape index (κ3) is 3.94. The Morgan fingerprint density at radius 2 is 1.94 bits per heavy atom. The topological polar surface area (TPSA) is 49.3 Å². The van der Waals surface area contributed by atoms with Crippen molar-refractivity contribution in [3.8, 4) is 5.75 Å². The molecule has 3 aliphatic carbocycles. The SMILES string of the molecule is C[C@]12CC[C@@H]3c4ccc(O)cc4CC[C@H]3[C@@H]1[C@H](CCC(=O)NCc1ccccc1)CC2(F)F. The van der Waals surface area contributed by atoms with Gasteiger partial charge in [-0.3, -0.25) is 4.79 Å². The van der Waals surface area contributed by atoms with Crippen molar-refractivity contribution in [2.45, 2.75) is 70.3 Å². The van der Waals surface area contributed by atoms with Crippen LogP contribution in [0.25, 0.3) is 0 Å². The minimum Gasteiger partial charge on any atom is -0.508 e. The maximum Gasteiger partial charge on any atom is 0.253 e. The van der Waals surface area contributed by atoms with E-state index in [2.05, 4.69) is 5.32 Å². The Balaban J connectivity index is 1.31. The van der Waals surface area contributed by atoms with E-state index in [1.807, 2.05) is 42.5 Å². The summed E-state index contributed by atoms with van der Waals surface area (Å²) in [6.45, 7) is 2.27. The van der Waals surface area contributed by atoms with E-state index in [-0.39, 0.29) is 41.7 Å². The number of rotatable bonds is 5. The van der Waals surface area contributed by atoms with E-state index in [0.29, 0.717) is 25.8 Å². The fourth-order valence-electron chi connectivity index (χ4n) is 7.29. The Morgan fingerprint density at radius 1 is 1.15 bits per heavy atom. The van der Waals surface area contributed by atoms with Gasteiger partial charge >= 0.3 is 0 Å². The number of benzene rings is 2. The number of alkyl halides is 2. The molecule has 0 radical (unpaired) electrons. The molecule has 5 rings (SSSR count). The van der Waals surface area contributed by atoms with Crippen LogP contribution in [-0.4, -0.2) is 16.9 Å². The van der Waals surface area contributed by atoms with E-state index in [9.17, 15) is 9.90 Å². The molecule has 3 aliphatic rings. The Hall–Kier alpha value is -2.43. The summed E-state index contributed by atoms with van der Waals surface area (Å²) < 4.78 is 30.8. The van der Waals surface area contributed by atoms with Crippen molar-refractivity contribution < 1.29 is 18.7 Å². The van der Waals surface area contributed by atoms with Crippen LogP contribution in [-0.2, 0) is 17.8 Å². The molecule has 5 heteroatoms. The predicted molar refractivity (Wildman–Crippen MR) is 124 cm³/mol. The quantitative estimate of drug-likeness (QED) is 0.566. The Kier molecular flexibility index (Phi) is 5.70. The van der Waals surface area contributed by atoms with E-state index in [1.54, 1.807) is 13.0 Å². The third-order valence-corrected chi connectivity index (χ3v) is 8.90. The second-order valence-corrected chi connectivity index (χ2v) is 10.6. The second kappa shape index (κ2) is 8.41. The lowest BCUT2D eigenvalue weighted by Crippen LogP contribution is -2.47. The third-order valence-electron chi connectivity index (χ3n) is 8.90. The molecule has 2 aromatic carbocycles. The van der Waals surface area contributed by atoms with Crippen molar-refractivity contribution in [3.63, 3.8) is 0 Å². The van der Waals surface area contributed by atoms with Crippen molar-refractivity contribution >= 4 is 5.91 Å². The molecule has 0 saturated heterocycles. The lowest BCUT2D eigenvalue weighted by atomic mass is 9.53. The van der Waals surface area contributed by atoms with E-state index in [1.165, 1.54) is 11.1 Å². The van der Waals surface area contributed by atoms with Crippen molar-refractivity contribution in [2.75, 3.05) is 0 Å². The summed E-state index contributed by atoms with van der Waals surface area (Å²) >= 11 is 0. The molecule has 5 atom stereocenters. The number of aromatic hydroxyl groups is 1. The summed E-state index contributed by atoms with van der Waals surface area (Å²) in [7, 11) is 0. The number of amides is 1. The normalized spacial score (nSPS) is 31.8. The standard InChI is InChI=1S/C28H33F2NO2/c1-27-14-13-23-22-11-9-21(32)15-19(22)7-10-24(23)26(27)20(16-28(27,29)30)8-12-25(33)31-17-18-5-3-2-4-6-18/h2-6,9,11,15,20,23-24,26,32H,7-8,10,12-14,16-17H2,1H3,(H,31,33)/t20-,23-,24-,26+,27+/m1/s1. The zero-order valence-electron chi connectivity index (χ0n) is 19.2. The molecule has 0 aromatic heterocycles. The van der Waals surface area contributed by atoms with Crippen molar-refractivity contribution in [1.82, 2.24) is 5.32 Å². The summed E-state index contributed by atoms with van der Waals surface area (Å²) in [4.78, 5) is 12.5. The van der Waals surface area contributed by atoms with Gasteiger partial charge in [-0.15, -0.1) is 0 Å². The zero-order valence-corrected chi connectivity index (χ0v) is 19.2. The predicted octanol–water partition coefficient (Wildman–Crippen LogP) is 6.21. The molecule has 33 heavy (non-hydrogen) atoms. The molecule has 0 bridgehead atoms. The fourth-order valence-corrected chi connectivity index (χ4v) is 7.29. The molecular formula is C28H33F2NO2. The van der Waals surface area contributed by atoms with Gasteiger partial charge in [0.05, 0.1) is 0 Å². The molecule has 3 nitrogen and oxygen atoms in total. The summed E-state index contributed by atoms with van der Waals surface area (Å²) in [6, 6.07) is 15.3. The first-order valence-electron chi connectivity index (χ1n) is 12.3. The van der Waals surface area contributed by atoms with Gasteiger partial charge in [-0.05, 0) is 84.6 Å². The highest BCUT2D eigenvalue weighted by molar-refractivity contribution is 5.75. The number of carbonyl (C=O) groups excluding carboxylic acids is 1. The molecule has 2 fully saturated rings. The van der Waals surface area contributed by atoms with E-state index < -0.39 is 11.3 Å². The number of aryl methyl sites for hydroxylation is 1. The highest BCUT2D eigenvalue weighted by Gasteiger charge is 2.67. The van der Waals surface area contributed by atoms with Gasteiger partial charge in [0.25, 0.3) is 5.92 Å². The molecule has 1 amide bonds. The van der Waals surface area contributed by atoms with Crippen LogP contribution in [0.15, 0.2) is 48.5 Å². The second-order valence-electron chi connectivity index (χ2n) is 10.6. The molecule has 0 aliphatic heterocycles. The summed E-state index contributed by atoms with van der Waals surface area (Å²) in [6.07, 6.45) is 3.70. The van der Waals surface area contributed by atoms with Crippen LogP contribution in [0.2, 0.25) is 0 Å². The van der Waals surface area contributed by atoms with Crippen molar-refractivity contribution in [2.24, 2.45) is 23.2 Å². The van der Waals surface area contributed by atoms with Crippen LogP contribution in [0.1, 0.15) is 68.1 Å². The number of phenols is 1. The fraction of sp³-hybridized carbons (Fsp3) is 0.536. The number of nitrogens with one attached hydrogen (secondary N) is 1.